The maximum Gasteiger partial charge on any atom is 0.471 e. The van der Waals surface area contributed by atoms with Crippen molar-refractivity contribution < 1.29 is 74.7 Å². The highest BCUT2D eigenvalue weighted by Crippen LogP contribution is 2.49. The molecule has 5 atom stereocenters. The van der Waals surface area contributed by atoms with E-state index < -0.39 is 74.0 Å². The van der Waals surface area contributed by atoms with Crippen molar-refractivity contribution in [1.29, 1.82) is 0 Å². The number of ether oxygens (including phenoxy) is 4. The van der Waals surface area contributed by atoms with Crippen LogP contribution < -0.4 is 41.2 Å². The molecular formula is C75H96F3N12O14PS2. The van der Waals surface area contributed by atoms with E-state index in [0.29, 0.717) is 73.9 Å². The summed E-state index contributed by atoms with van der Waals surface area (Å²) in [4.78, 5) is 124. The number of benzene rings is 4. The molecule has 3 heterocycles. The number of nitrogens with zero attached hydrogens (tertiary/aromatic N) is 7. The number of carbonyl (C=O) groups is 7. The van der Waals surface area contributed by atoms with Crippen LogP contribution in [0.15, 0.2) is 114 Å². The van der Waals surface area contributed by atoms with Crippen LogP contribution in [0.2, 0.25) is 0 Å². The highest BCUT2D eigenvalue weighted by atomic mass is 33.1. The second-order valence-electron chi connectivity index (χ2n) is 26.2. The minimum atomic E-state index is -5.36. The largest absolute Gasteiger partial charge is 0.497 e. The molecule has 107 heavy (non-hydrogen) atoms. The molecule has 0 bridgehead atoms. The molecule has 7 rings (SSSR count). The van der Waals surface area contributed by atoms with Gasteiger partial charge in [0.15, 0.2) is 11.2 Å². The average molecular weight is 1540 g/mol. The molecule has 1 saturated heterocycles. The van der Waals surface area contributed by atoms with Gasteiger partial charge >= 0.3 is 18.1 Å². The van der Waals surface area contributed by atoms with Crippen LogP contribution in [0.5, 0.6) is 11.5 Å². The molecular weight excluding hydrogens is 1440 g/mol. The molecule has 1 aliphatic rings. The number of alkyl halides is 3. The van der Waals surface area contributed by atoms with Crippen LogP contribution in [0, 0.1) is 12.5 Å². The Bertz CT molecular complexity index is 3960. The number of aromatic amines is 1. The number of unbranched alkanes of at least 4 members (excludes halogenated alkanes) is 3. The zero-order chi connectivity index (χ0) is 77.8. The molecule has 1 fully saturated rings. The fraction of sp³-hybridized carbons (Fsp3) is 0.493. The zero-order valence-corrected chi connectivity index (χ0v) is 64.4. The molecule has 0 saturated carbocycles. The summed E-state index contributed by atoms with van der Waals surface area (Å²) in [6.07, 6.45) is -0.656. The molecule has 0 aliphatic carbocycles. The Labute approximate surface area is 631 Å². The van der Waals surface area contributed by atoms with Gasteiger partial charge in [-0.25, -0.2) is 26.0 Å². The number of halogens is 3. The number of hydrogen-bond donors (Lipinski definition) is 5. The molecule has 4 aromatic carbocycles. The zero-order valence-electron chi connectivity index (χ0n) is 61.9. The third kappa shape index (κ3) is 25.2. The lowest BCUT2D eigenvalue weighted by atomic mass is 9.80. The first-order valence-corrected chi connectivity index (χ1v) is 39.0. The summed E-state index contributed by atoms with van der Waals surface area (Å²) in [5.74, 6) is -3.55. The number of esters is 1. The summed E-state index contributed by atoms with van der Waals surface area (Å²) in [5, 5.41) is 10.8. The summed E-state index contributed by atoms with van der Waals surface area (Å²) in [6.45, 7) is 22.0. The summed E-state index contributed by atoms with van der Waals surface area (Å²) >= 11 is 0. The van der Waals surface area contributed by atoms with Crippen molar-refractivity contribution >= 4 is 94.3 Å². The molecule has 0 spiro atoms. The number of methoxy groups -OCH3 is 3. The van der Waals surface area contributed by atoms with Gasteiger partial charge in [-0.15, -0.1) is 0 Å². The summed E-state index contributed by atoms with van der Waals surface area (Å²) in [5.41, 5.74) is -0.607. The number of aromatic nitrogens is 4. The van der Waals surface area contributed by atoms with Gasteiger partial charge < -0.3 is 53.7 Å². The third-order valence-electron chi connectivity index (χ3n) is 17.3. The Kier molecular flexibility index (Phi) is 33.6. The van der Waals surface area contributed by atoms with Crippen molar-refractivity contribution in [2.45, 2.75) is 167 Å². The number of H-pyrrole nitrogens is 1. The summed E-state index contributed by atoms with van der Waals surface area (Å²) in [7, 11) is 6.05. The molecule has 2 aromatic heterocycles. The van der Waals surface area contributed by atoms with Crippen LogP contribution in [0.25, 0.3) is 16.0 Å². The monoisotopic (exact) mass is 1540 g/mol. The van der Waals surface area contributed by atoms with Crippen molar-refractivity contribution in [3.63, 3.8) is 0 Å². The molecule has 2 unspecified atom stereocenters. The van der Waals surface area contributed by atoms with E-state index in [1.807, 2.05) is 83.8 Å². The van der Waals surface area contributed by atoms with Crippen LogP contribution in [0.1, 0.15) is 145 Å². The van der Waals surface area contributed by atoms with E-state index in [9.17, 15) is 51.5 Å². The van der Waals surface area contributed by atoms with E-state index in [1.54, 1.807) is 49.7 Å². The summed E-state index contributed by atoms with van der Waals surface area (Å²) < 4.78 is 80.7. The normalized spacial score (nSPS) is 14.7. The fourth-order valence-corrected chi connectivity index (χ4v) is 15.8. The van der Waals surface area contributed by atoms with Crippen molar-refractivity contribution in [2.75, 3.05) is 76.7 Å². The molecule has 6 amide bonds. The van der Waals surface area contributed by atoms with Gasteiger partial charge in [-0.3, -0.25) is 48.8 Å². The minimum absolute atomic E-state index is 0.0210. The highest BCUT2D eigenvalue weighted by Gasteiger charge is 2.45. The van der Waals surface area contributed by atoms with Crippen molar-refractivity contribution in [2.24, 2.45) is 5.92 Å². The maximum atomic E-state index is 14.7. The van der Waals surface area contributed by atoms with Gasteiger partial charge in [0.2, 0.25) is 36.1 Å². The highest BCUT2D eigenvalue weighted by molar-refractivity contribution is 8.76. The van der Waals surface area contributed by atoms with Crippen molar-refractivity contribution in [3.05, 3.63) is 159 Å². The van der Waals surface area contributed by atoms with Gasteiger partial charge in [-0.1, -0.05) is 110 Å². The van der Waals surface area contributed by atoms with E-state index in [-0.39, 0.29) is 114 Å². The lowest BCUT2D eigenvalue weighted by Gasteiger charge is -2.38. The smallest absolute Gasteiger partial charge is 0.471 e. The van der Waals surface area contributed by atoms with E-state index in [2.05, 4.69) is 85.3 Å². The standard InChI is InChI=1S/C75H96F3N12O14PS2/c1-48(2)68(94)86-73-85-67-66(70(96)87-73)83-56(44-82-67)45-89(72(98)75(76,77)78)57-29-23-52(24-30-57)69(95)84-62(71(97)101-11)35-36-64(92)80-38-18-13-12-17-21-63(91)81-40-42-106-107-51(7)22-37-65(93)88-46-61(104-105(103-41-39-79-8)90(49(3)4)50(5)6)43-58(88)47-102-74(53-19-15-14-16-20-53,54-25-31-59(99-9)32-26-54)55-27-33-60(100-10)34-28-55/h14-16,19-20,23-34,44,48-51,58,61-62H,12-13,17-18,21-22,35-43,45-47H2,1-7,9-11H3,(H,80,92)(H,81,91)(H,84,95)(H2,82,85,86,87,94,96)/t51?,58-,61+,62-,105?/m0/s1. The van der Waals surface area contributed by atoms with Crippen molar-refractivity contribution in [1.82, 2.24) is 45.5 Å². The minimum Gasteiger partial charge on any atom is -0.497 e. The number of fused-ring (bicyclic) bond motifs is 1. The molecule has 6 aromatic rings. The third-order valence-corrected chi connectivity index (χ3v) is 22.5. The predicted octanol–water partition coefficient (Wildman–Crippen LogP) is 11.5. The molecule has 32 heteroatoms. The number of amides is 6. The Balaban J connectivity index is 0.835. The van der Waals surface area contributed by atoms with Crippen LogP contribution in [0.4, 0.5) is 24.8 Å². The maximum absolute atomic E-state index is 14.7. The molecule has 5 N–H and O–H groups in total. The van der Waals surface area contributed by atoms with Crippen LogP contribution in [-0.2, 0) is 59.4 Å². The molecule has 578 valence electrons. The first kappa shape index (κ1) is 85.5. The van der Waals surface area contributed by atoms with Gasteiger partial charge in [-0.2, -0.15) is 18.2 Å². The number of rotatable bonds is 42. The van der Waals surface area contributed by atoms with Crippen LogP contribution in [-0.4, -0.2) is 179 Å². The number of carbonyl (C=O) groups excluding carboxylic acids is 7. The first-order valence-electron chi connectivity index (χ1n) is 35.4. The van der Waals surface area contributed by atoms with Gasteiger partial charge in [0.25, 0.3) is 20.0 Å². The van der Waals surface area contributed by atoms with Gasteiger partial charge in [0, 0.05) is 79.2 Å². The first-order chi connectivity index (χ1) is 51.2. The predicted molar refractivity (Wildman–Crippen MR) is 405 cm³/mol. The van der Waals surface area contributed by atoms with Gasteiger partial charge in [0.1, 0.15) is 29.7 Å². The van der Waals surface area contributed by atoms with Crippen LogP contribution in [0.3, 0.4) is 0 Å². The quantitative estimate of drug-likeness (QED) is 0.00594. The Morgan fingerprint density at radius 1 is 0.766 bits per heavy atom. The second-order valence-corrected chi connectivity index (χ2v) is 30.6. The second kappa shape index (κ2) is 42.1. The lowest BCUT2D eigenvalue weighted by molar-refractivity contribution is -0.170. The number of nitrogens with one attached hydrogen (secondary N) is 5. The topological polar surface area (TPSA) is 309 Å². The van der Waals surface area contributed by atoms with E-state index in [0.717, 1.165) is 67.1 Å². The Morgan fingerprint density at radius 3 is 2.00 bits per heavy atom. The lowest BCUT2D eigenvalue weighted by Crippen LogP contribution is -2.42. The van der Waals surface area contributed by atoms with E-state index >= 15 is 0 Å². The molecule has 0 radical (unpaired) electrons. The summed E-state index contributed by atoms with van der Waals surface area (Å²) in [6, 6.07) is 28.6. The van der Waals surface area contributed by atoms with E-state index in [1.165, 1.54) is 0 Å². The SMILES string of the molecule is [C-]#[N+]CCOP(O[C@@H]1C[C@@H](COC(c2ccccc2)(c2ccc(OC)cc2)c2ccc(OC)cc2)N(C(=O)CCC(C)SSCCNC(=O)CCCCCCNC(=O)CC[C@H](NC(=O)c2ccc(N(Cc3cnc4nc(NC(=O)C(C)C)[nH]c(=O)c4n3)C(=O)C(F)(F)F)cc2)C(=O)OC)C1)N(C(C)C)C(C)C. The van der Waals surface area contributed by atoms with Gasteiger partial charge in [0.05, 0.1) is 58.5 Å². The Morgan fingerprint density at radius 2 is 1.39 bits per heavy atom. The molecule has 26 nitrogen and oxygen atoms in total. The number of anilines is 2. The number of hydrogen-bond acceptors (Lipinski definition) is 20. The average Bonchev–Trinajstić information content (AvgIpc) is 1.56. The fourth-order valence-electron chi connectivity index (χ4n) is 11.9. The van der Waals surface area contributed by atoms with Crippen LogP contribution >= 0.6 is 30.1 Å². The number of likely N-dealkylation sites (tertiary alicyclic amines) is 1. The van der Waals surface area contributed by atoms with Crippen molar-refractivity contribution in [3.8, 4) is 11.5 Å². The van der Waals surface area contributed by atoms with Gasteiger partial charge in [-0.05, 0) is 125 Å². The Hall–Kier alpha value is -8.76. The molecule has 1 aliphatic heterocycles. The van der Waals surface area contributed by atoms with E-state index in [4.69, 9.17) is 34.6 Å².